The maximum atomic E-state index is 11.7. The molecular formula is C9H11BrN2O2S. The van der Waals surface area contributed by atoms with E-state index in [-0.39, 0.29) is 0 Å². The molecule has 1 aliphatic rings. The Morgan fingerprint density at radius 3 is 2.87 bits per heavy atom. The molecule has 0 atom stereocenters. The average Bonchev–Trinajstić information content (AvgIpc) is 2.39. The van der Waals surface area contributed by atoms with E-state index in [0.717, 1.165) is 10.9 Å². The zero-order valence-corrected chi connectivity index (χ0v) is 10.6. The minimum absolute atomic E-state index is 0.499. The molecule has 1 N–H and O–H groups in total. The van der Waals surface area contributed by atoms with Gasteiger partial charge in [0.25, 0.3) is 0 Å². The van der Waals surface area contributed by atoms with Crippen molar-refractivity contribution in [3.63, 3.8) is 0 Å². The fourth-order valence-electron chi connectivity index (χ4n) is 1.56. The summed E-state index contributed by atoms with van der Waals surface area (Å²) in [7, 11) is -3.36. The second kappa shape index (κ2) is 3.68. The van der Waals surface area contributed by atoms with Crippen LogP contribution in [-0.2, 0) is 10.2 Å². The Bertz CT molecular complexity index is 487. The fraction of sp³-hybridized carbons (Fsp3) is 0.333. The smallest absolute Gasteiger partial charge is 0.264 e. The zero-order valence-electron chi connectivity index (χ0n) is 8.20. The molecule has 1 aromatic carbocycles. The molecule has 0 unspecified atom stereocenters. The van der Waals surface area contributed by atoms with E-state index in [2.05, 4.69) is 20.7 Å². The van der Waals surface area contributed by atoms with Crippen LogP contribution in [0, 0.1) is 0 Å². The molecular weight excluding hydrogens is 280 g/mol. The SMILES string of the molecule is CCCN1c2cc(Br)ccc2NS1(=O)=O. The van der Waals surface area contributed by atoms with Gasteiger partial charge in [0.15, 0.2) is 0 Å². The molecule has 0 radical (unpaired) electrons. The lowest BCUT2D eigenvalue weighted by Crippen LogP contribution is -2.30. The van der Waals surface area contributed by atoms with Crippen molar-refractivity contribution < 1.29 is 8.42 Å². The van der Waals surface area contributed by atoms with Crippen LogP contribution in [0.4, 0.5) is 11.4 Å². The largest absolute Gasteiger partial charge is 0.324 e. The Labute approximate surface area is 97.6 Å². The van der Waals surface area contributed by atoms with Gasteiger partial charge in [-0.3, -0.25) is 9.03 Å². The van der Waals surface area contributed by atoms with E-state index < -0.39 is 10.2 Å². The van der Waals surface area contributed by atoms with Gasteiger partial charge in [-0.15, -0.1) is 0 Å². The minimum atomic E-state index is -3.36. The fourth-order valence-corrected chi connectivity index (χ4v) is 3.31. The molecule has 0 amide bonds. The predicted octanol–water partition coefficient (Wildman–Crippen LogP) is 2.34. The molecule has 0 fully saturated rings. The molecule has 0 saturated heterocycles. The van der Waals surface area contributed by atoms with Gasteiger partial charge in [-0.1, -0.05) is 22.9 Å². The molecule has 1 aromatic rings. The highest BCUT2D eigenvalue weighted by molar-refractivity contribution is 9.10. The summed E-state index contributed by atoms with van der Waals surface area (Å²) < 4.78 is 28.2. The van der Waals surface area contributed by atoms with Crippen molar-refractivity contribution in [3.8, 4) is 0 Å². The van der Waals surface area contributed by atoms with E-state index in [4.69, 9.17) is 0 Å². The number of fused-ring (bicyclic) bond motifs is 1. The van der Waals surface area contributed by atoms with Crippen molar-refractivity contribution in [1.29, 1.82) is 0 Å². The van der Waals surface area contributed by atoms with Crippen LogP contribution in [0.15, 0.2) is 22.7 Å². The van der Waals surface area contributed by atoms with Crippen LogP contribution in [0.5, 0.6) is 0 Å². The van der Waals surface area contributed by atoms with Gasteiger partial charge in [-0.05, 0) is 24.6 Å². The predicted molar refractivity (Wildman–Crippen MR) is 64.3 cm³/mol. The van der Waals surface area contributed by atoms with Crippen molar-refractivity contribution in [2.24, 2.45) is 0 Å². The van der Waals surface area contributed by atoms with Crippen molar-refractivity contribution in [2.75, 3.05) is 15.6 Å². The second-order valence-corrected chi connectivity index (χ2v) is 5.85. The van der Waals surface area contributed by atoms with E-state index in [1.54, 1.807) is 6.07 Å². The minimum Gasteiger partial charge on any atom is -0.264 e. The Hall–Kier alpha value is -0.750. The number of hydrogen-bond donors (Lipinski definition) is 1. The van der Waals surface area contributed by atoms with Gasteiger partial charge in [-0.25, -0.2) is 0 Å². The van der Waals surface area contributed by atoms with Gasteiger partial charge in [0.1, 0.15) is 0 Å². The van der Waals surface area contributed by atoms with Crippen LogP contribution in [0.2, 0.25) is 0 Å². The molecule has 0 bridgehead atoms. The van der Waals surface area contributed by atoms with Gasteiger partial charge in [-0.2, -0.15) is 8.42 Å². The Morgan fingerprint density at radius 2 is 2.20 bits per heavy atom. The topological polar surface area (TPSA) is 49.4 Å². The molecule has 1 heterocycles. The number of benzene rings is 1. The molecule has 1 aliphatic heterocycles. The number of nitrogens with one attached hydrogen (secondary N) is 1. The molecule has 15 heavy (non-hydrogen) atoms. The molecule has 0 aromatic heterocycles. The number of nitrogens with zero attached hydrogens (tertiary/aromatic N) is 1. The molecule has 0 spiro atoms. The summed E-state index contributed by atoms with van der Waals surface area (Å²) in [6.45, 7) is 2.45. The zero-order chi connectivity index (χ0) is 11.1. The van der Waals surface area contributed by atoms with Crippen molar-refractivity contribution in [3.05, 3.63) is 22.7 Å². The van der Waals surface area contributed by atoms with Crippen LogP contribution >= 0.6 is 15.9 Å². The summed E-state index contributed by atoms with van der Waals surface area (Å²) in [6.07, 6.45) is 0.785. The first-order chi connectivity index (χ1) is 7.04. The lowest BCUT2D eigenvalue weighted by molar-refractivity contribution is 0.597. The Morgan fingerprint density at radius 1 is 1.47 bits per heavy atom. The summed E-state index contributed by atoms with van der Waals surface area (Å²) in [5.74, 6) is 0. The number of hydrogen-bond acceptors (Lipinski definition) is 2. The van der Waals surface area contributed by atoms with E-state index >= 15 is 0 Å². The lowest BCUT2D eigenvalue weighted by Gasteiger charge is -2.15. The first kappa shape index (κ1) is 10.8. The average molecular weight is 291 g/mol. The van der Waals surface area contributed by atoms with Crippen LogP contribution in [-0.4, -0.2) is 15.0 Å². The summed E-state index contributed by atoms with van der Waals surface area (Å²) in [5.41, 5.74) is 1.36. The third kappa shape index (κ3) is 1.83. The van der Waals surface area contributed by atoms with Crippen LogP contribution in [0.3, 0.4) is 0 Å². The van der Waals surface area contributed by atoms with E-state index in [9.17, 15) is 8.42 Å². The molecule has 82 valence electrons. The first-order valence-corrected chi connectivity index (χ1v) is 6.88. The van der Waals surface area contributed by atoms with Gasteiger partial charge in [0.2, 0.25) is 0 Å². The highest BCUT2D eigenvalue weighted by Crippen LogP contribution is 2.37. The third-order valence-electron chi connectivity index (χ3n) is 2.18. The molecule has 0 aliphatic carbocycles. The highest BCUT2D eigenvalue weighted by atomic mass is 79.9. The third-order valence-corrected chi connectivity index (χ3v) is 4.11. The van der Waals surface area contributed by atoms with E-state index in [1.807, 2.05) is 19.1 Å². The number of anilines is 2. The number of halogens is 1. The molecule has 0 saturated carbocycles. The van der Waals surface area contributed by atoms with Crippen molar-refractivity contribution in [1.82, 2.24) is 0 Å². The van der Waals surface area contributed by atoms with Crippen LogP contribution in [0.1, 0.15) is 13.3 Å². The molecule has 4 nitrogen and oxygen atoms in total. The lowest BCUT2D eigenvalue weighted by atomic mass is 10.2. The van der Waals surface area contributed by atoms with Gasteiger partial charge in [0.05, 0.1) is 11.4 Å². The maximum Gasteiger partial charge on any atom is 0.324 e. The molecule has 6 heteroatoms. The highest BCUT2D eigenvalue weighted by Gasteiger charge is 2.31. The standard InChI is InChI=1S/C9H11BrN2O2S/c1-2-5-12-9-6-7(10)3-4-8(9)11-15(12,13)14/h3-4,6,11H,2,5H2,1H3. The van der Waals surface area contributed by atoms with Gasteiger partial charge < -0.3 is 0 Å². The van der Waals surface area contributed by atoms with E-state index in [1.165, 1.54) is 4.31 Å². The Balaban J connectivity index is 2.51. The van der Waals surface area contributed by atoms with Crippen molar-refractivity contribution in [2.45, 2.75) is 13.3 Å². The summed E-state index contributed by atoms with van der Waals surface area (Å²) in [5, 5.41) is 0. The number of rotatable bonds is 2. The summed E-state index contributed by atoms with van der Waals surface area (Å²) in [4.78, 5) is 0. The first-order valence-electron chi connectivity index (χ1n) is 4.64. The van der Waals surface area contributed by atoms with Gasteiger partial charge >= 0.3 is 10.2 Å². The quantitative estimate of drug-likeness (QED) is 0.909. The van der Waals surface area contributed by atoms with E-state index in [0.29, 0.717) is 17.9 Å². The van der Waals surface area contributed by atoms with Crippen LogP contribution in [0.25, 0.3) is 0 Å². The normalized spacial score (nSPS) is 17.3. The second-order valence-electron chi connectivity index (χ2n) is 3.34. The Kier molecular flexibility index (Phi) is 2.64. The summed E-state index contributed by atoms with van der Waals surface area (Å²) in [6, 6.07) is 5.38. The van der Waals surface area contributed by atoms with Crippen molar-refractivity contribution >= 4 is 37.5 Å². The van der Waals surface area contributed by atoms with Crippen LogP contribution < -0.4 is 9.03 Å². The molecule has 2 rings (SSSR count). The maximum absolute atomic E-state index is 11.7. The van der Waals surface area contributed by atoms with Gasteiger partial charge in [0, 0.05) is 11.0 Å². The summed E-state index contributed by atoms with van der Waals surface area (Å²) >= 11 is 3.33. The monoisotopic (exact) mass is 290 g/mol.